The number of carbonyl (C=O) groups is 6. The molecule has 8 rings (SSSR count). The van der Waals surface area contributed by atoms with Crippen molar-refractivity contribution in [2.24, 2.45) is 11.7 Å². The Morgan fingerprint density at radius 3 is 2.12 bits per heavy atom. The van der Waals surface area contributed by atoms with Crippen molar-refractivity contribution in [1.29, 1.82) is 0 Å². The number of rotatable bonds is 17. The van der Waals surface area contributed by atoms with Crippen LogP contribution in [0.2, 0.25) is 0 Å². The van der Waals surface area contributed by atoms with Crippen LogP contribution in [0.1, 0.15) is 99.6 Å². The van der Waals surface area contributed by atoms with Gasteiger partial charge in [-0.05, 0) is 99.9 Å². The molecule has 0 bridgehead atoms. The summed E-state index contributed by atoms with van der Waals surface area (Å²) in [6, 6.07) is 20.4. The number of nitrogens with zero attached hydrogens (tertiary/aromatic N) is 9. The maximum atomic E-state index is 15.1. The lowest BCUT2D eigenvalue weighted by molar-refractivity contribution is -0.134. The number of aromatic nitrogens is 3. The molecular formula is C58H72FN12O7+. The topological polar surface area (TPSA) is 225 Å². The number of aryl methyl sites for hydroxylation is 2. The fraction of sp³-hybridized carbons (Fsp3) is 0.431. The van der Waals surface area contributed by atoms with E-state index in [1.807, 2.05) is 44.3 Å². The predicted octanol–water partition coefficient (Wildman–Crippen LogP) is 4.00. The summed E-state index contributed by atoms with van der Waals surface area (Å²) in [5.41, 5.74) is 10.1. The van der Waals surface area contributed by atoms with E-state index in [2.05, 4.69) is 25.2 Å². The number of carbonyl (C=O) groups excluding carboxylic acids is 6. The smallest absolute Gasteiger partial charge is 0.411 e. The van der Waals surface area contributed by atoms with Gasteiger partial charge in [0.15, 0.2) is 11.4 Å². The number of halogens is 1. The lowest BCUT2D eigenvalue weighted by Crippen LogP contribution is -2.55. The second kappa shape index (κ2) is 25.1. The standard InChI is InChI=1S/C58H71FN12O7/c1-6-40-32-63-71(36-40)44-31-50(64-51(72)37-70(57(77)78-58(3,4)5)35-43-11-9-10-39(2)28-43)53(62-33-44)56(76)68-18-16-41(17-19-68)34-65-20-22-66(23-21-65)38-52(73)67-24-26-69(27-25-67)55(75)47-29-42(14-15-48(47)59)30-49(60)45-12-7-8-13-46(45)54(61)74/h7-15,28-29,31-33,36,41,60H,6,16-27,30,34-35,37-38H2,1-5H3,(H2,61,74)(H,64,72)/p+1. The molecule has 0 aliphatic carbocycles. The van der Waals surface area contributed by atoms with Crippen LogP contribution in [-0.4, -0.2) is 176 Å². The SMILES string of the molecule is CCc1cnn(-c2cnc(C(=O)N3CCC(CN4CCN(CC(=O)N5CCN(C(=O)c6cc(CC(=[NH2+])c7ccccc7C(N)=O)ccc6F)CC5)CC4)CC3)c(NC(=O)CN(Cc3cccc(C)c3)C(=O)OC(C)(C)C)c2)c1. The summed E-state index contributed by atoms with van der Waals surface area (Å²) >= 11 is 0. The van der Waals surface area contributed by atoms with Gasteiger partial charge in [0.2, 0.25) is 17.7 Å². The minimum atomic E-state index is -0.792. The monoisotopic (exact) mass is 1070 g/mol. The Morgan fingerprint density at radius 1 is 0.769 bits per heavy atom. The van der Waals surface area contributed by atoms with Gasteiger partial charge < -0.3 is 35.4 Å². The number of pyridine rings is 1. The maximum absolute atomic E-state index is 15.1. The van der Waals surface area contributed by atoms with Gasteiger partial charge in [-0.15, -0.1) is 0 Å². The number of primary amides is 1. The largest absolute Gasteiger partial charge is 0.444 e. The zero-order chi connectivity index (χ0) is 55.7. The molecule has 20 heteroatoms. The molecule has 6 amide bonds. The first-order valence-electron chi connectivity index (χ1n) is 26.8. The first-order valence-corrected chi connectivity index (χ1v) is 26.8. The summed E-state index contributed by atoms with van der Waals surface area (Å²) in [4.78, 5) is 96.5. The van der Waals surface area contributed by atoms with Gasteiger partial charge in [-0.25, -0.2) is 18.9 Å². The Morgan fingerprint density at radius 2 is 1.45 bits per heavy atom. The number of piperazine rings is 2. The summed E-state index contributed by atoms with van der Waals surface area (Å²) in [6.07, 6.45) is 7.09. The number of hydrogen-bond donors (Lipinski definition) is 3. The van der Waals surface area contributed by atoms with Gasteiger partial charge >= 0.3 is 6.09 Å². The third-order valence-corrected chi connectivity index (χ3v) is 14.5. The molecule has 5 aromatic rings. The number of nitrogens with one attached hydrogen (secondary N) is 1. The lowest BCUT2D eigenvalue weighted by Gasteiger charge is -2.40. The average molecular weight is 1070 g/mol. The van der Waals surface area contributed by atoms with Crippen LogP contribution in [0.15, 0.2) is 91.4 Å². The van der Waals surface area contributed by atoms with Crippen molar-refractivity contribution >= 4 is 47.0 Å². The molecular weight excluding hydrogens is 996 g/mol. The third-order valence-electron chi connectivity index (χ3n) is 14.5. The number of piperidine rings is 1. The van der Waals surface area contributed by atoms with Crippen molar-refractivity contribution in [2.75, 3.05) is 90.4 Å². The molecule has 3 aromatic carbocycles. The summed E-state index contributed by atoms with van der Waals surface area (Å²) in [5.74, 6) is -2.21. The molecule has 3 saturated heterocycles. The molecule has 3 aliphatic heterocycles. The van der Waals surface area contributed by atoms with Gasteiger partial charge in [-0.1, -0.05) is 55.0 Å². The molecule has 412 valence electrons. The molecule has 0 atom stereocenters. The summed E-state index contributed by atoms with van der Waals surface area (Å²) in [7, 11) is 0. The fourth-order valence-electron chi connectivity index (χ4n) is 10.2. The van der Waals surface area contributed by atoms with Crippen LogP contribution in [0, 0.1) is 18.7 Å². The van der Waals surface area contributed by atoms with Crippen LogP contribution in [-0.2, 0) is 33.7 Å². The molecule has 5 N–H and O–H groups in total. The number of amides is 6. The molecule has 0 unspecified atom stereocenters. The molecule has 78 heavy (non-hydrogen) atoms. The van der Waals surface area contributed by atoms with Crippen molar-refractivity contribution in [1.82, 2.24) is 44.2 Å². The zero-order valence-electron chi connectivity index (χ0n) is 45.4. The van der Waals surface area contributed by atoms with E-state index >= 15 is 4.39 Å². The highest BCUT2D eigenvalue weighted by Crippen LogP contribution is 2.26. The normalized spacial score (nSPS) is 15.7. The van der Waals surface area contributed by atoms with Crippen molar-refractivity contribution in [2.45, 2.75) is 72.4 Å². The Labute approximate surface area is 455 Å². The van der Waals surface area contributed by atoms with Crippen LogP contribution >= 0.6 is 0 Å². The number of hydrogen-bond acceptors (Lipinski definition) is 11. The van der Waals surface area contributed by atoms with E-state index in [0.29, 0.717) is 54.6 Å². The second-order valence-corrected chi connectivity index (χ2v) is 21.5. The van der Waals surface area contributed by atoms with Gasteiger partial charge in [-0.3, -0.25) is 39.2 Å². The number of likely N-dealkylation sites (tertiary alicyclic amines) is 1. The van der Waals surface area contributed by atoms with E-state index in [1.54, 1.807) is 88.9 Å². The summed E-state index contributed by atoms with van der Waals surface area (Å²) in [6.45, 7) is 15.5. The Bertz CT molecular complexity index is 3020. The highest BCUT2D eigenvalue weighted by Gasteiger charge is 2.32. The molecule has 0 saturated carbocycles. The van der Waals surface area contributed by atoms with Crippen LogP contribution in [0.4, 0.5) is 14.9 Å². The van der Waals surface area contributed by atoms with E-state index < -0.39 is 35.2 Å². The van der Waals surface area contributed by atoms with Crippen molar-refractivity contribution in [3.05, 3.63) is 142 Å². The number of nitrogens with two attached hydrogens (primary N) is 2. The minimum absolute atomic E-state index is 0.0113. The van der Waals surface area contributed by atoms with Crippen LogP contribution in [0.5, 0.6) is 0 Å². The Balaban J connectivity index is 0.805. The molecule has 5 heterocycles. The quantitative estimate of drug-likeness (QED) is 0.113. The van der Waals surface area contributed by atoms with Gasteiger partial charge in [0.05, 0.1) is 53.4 Å². The van der Waals surface area contributed by atoms with Gasteiger partial charge in [0, 0.05) is 84.7 Å². The molecule has 3 fully saturated rings. The van der Waals surface area contributed by atoms with Crippen molar-refractivity contribution in [3.8, 4) is 5.69 Å². The van der Waals surface area contributed by atoms with Crippen LogP contribution < -0.4 is 16.5 Å². The second-order valence-electron chi connectivity index (χ2n) is 21.5. The highest BCUT2D eigenvalue weighted by atomic mass is 19.1. The maximum Gasteiger partial charge on any atom is 0.411 e. The average Bonchev–Trinajstić information content (AvgIpc) is 3.94. The Kier molecular flexibility index (Phi) is 18.1. The molecule has 3 aliphatic rings. The first kappa shape index (κ1) is 56.4. The lowest BCUT2D eigenvalue weighted by atomic mass is 9.95. The highest BCUT2D eigenvalue weighted by molar-refractivity contribution is 6.08. The van der Waals surface area contributed by atoms with Gasteiger partial charge in [0.1, 0.15) is 18.0 Å². The Hall–Kier alpha value is -7.84. The predicted molar refractivity (Wildman–Crippen MR) is 292 cm³/mol. The number of ether oxygens (including phenoxy) is 1. The molecule has 0 radical (unpaired) electrons. The molecule has 0 spiro atoms. The van der Waals surface area contributed by atoms with E-state index in [9.17, 15) is 28.8 Å². The van der Waals surface area contributed by atoms with Gasteiger partial charge in [0.25, 0.3) is 11.8 Å². The first-order chi connectivity index (χ1) is 37.3. The van der Waals surface area contributed by atoms with Gasteiger partial charge in [-0.2, -0.15) is 5.10 Å². The summed E-state index contributed by atoms with van der Waals surface area (Å²) in [5, 5.41) is 13.8. The third kappa shape index (κ3) is 14.6. The minimum Gasteiger partial charge on any atom is -0.444 e. The molecule has 19 nitrogen and oxygen atoms in total. The zero-order valence-corrected chi connectivity index (χ0v) is 45.4. The van der Waals surface area contributed by atoms with Crippen molar-refractivity contribution in [3.63, 3.8) is 0 Å². The van der Waals surface area contributed by atoms with E-state index in [-0.39, 0.29) is 73.5 Å². The fourth-order valence-corrected chi connectivity index (χ4v) is 10.2. The van der Waals surface area contributed by atoms with E-state index in [1.165, 1.54) is 17.0 Å². The number of benzene rings is 3. The molecule has 2 aromatic heterocycles. The van der Waals surface area contributed by atoms with Crippen molar-refractivity contribution < 1.29 is 43.3 Å². The summed E-state index contributed by atoms with van der Waals surface area (Å²) < 4.78 is 22.5. The number of anilines is 1. The van der Waals surface area contributed by atoms with Crippen LogP contribution in [0.25, 0.3) is 5.69 Å². The van der Waals surface area contributed by atoms with Crippen LogP contribution in [0.3, 0.4) is 0 Å². The van der Waals surface area contributed by atoms with E-state index in [4.69, 9.17) is 15.9 Å². The van der Waals surface area contributed by atoms with E-state index in [0.717, 1.165) is 68.7 Å².